The first-order valence-electron chi connectivity index (χ1n) is 13.3. The smallest absolute Gasteiger partial charge is 0.162 e. The van der Waals surface area contributed by atoms with Crippen molar-refractivity contribution in [2.45, 2.75) is 53.1 Å². The number of nitriles is 1. The second-order valence-electron chi connectivity index (χ2n) is 11.4. The molecule has 0 saturated carbocycles. The van der Waals surface area contributed by atoms with Crippen LogP contribution in [0.5, 0.6) is 5.75 Å². The van der Waals surface area contributed by atoms with Gasteiger partial charge in [0.25, 0.3) is 0 Å². The van der Waals surface area contributed by atoms with Gasteiger partial charge >= 0.3 is 0 Å². The van der Waals surface area contributed by atoms with E-state index in [1.807, 2.05) is 38.1 Å². The molecule has 5 nitrogen and oxygen atoms in total. The monoisotopic (exact) mass is 605 g/mol. The number of hydrogen-bond donors (Lipinski definition) is 1. The van der Waals surface area contributed by atoms with E-state index in [9.17, 15) is 10.1 Å². The number of rotatable bonds is 5. The van der Waals surface area contributed by atoms with Gasteiger partial charge in [0.05, 0.1) is 32.6 Å². The second kappa shape index (κ2) is 11.1. The number of Topliss-reactive ketones (excluding diaryl/α,β-unsaturated/α-hetero) is 1. The molecule has 0 saturated heterocycles. The summed E-state index contributed by atoms with van der Waals surface area (Å²) < 4.78 is 6.07. The van der Waals surface area contributed by atoms with Crippen molar-refractivity contribution in [3.63, 3.8) is 0 Å². The Labute approximate surface area is 255 Å². The van der Waals surface area contributed by atoms with Crippen LogP contribution in [-0.4, -0.2) is 5.78 Å². The van der Waals surface area contributed by atoms with E-state index >= 15 is 0 Å². The van der Waals surface area contributed by atoms with Crippen LogP contribution in [0.2, 0.25) is 15.1 Å². The largest absolute Gasteiger partial charge is 0.487 e. The molecule has 1 unspecified atom stereocenters. The van der Waals surface area contributed by atoms with E-state index in [0.29, 0.717) is 50.5 Å². The molecule has 2 N–H and O–H groups in total. The molecule has 1 aliphatic carbocycles. The van der Waals surface area contributed by atoms with Crippen molar-refractivity contribution in [1.29, 1.82) is 5.26 Å². The number of carbonyl (C=O) groups is 1. The molecule has 2 aliphatic rings. The topological polar surface area (TPSA) is 79.4 Å². The molecular formula is C33H30Cl3N3O2. The number of benzene rings is 3. The Hall–Kier alpha value is -3.43. The summed E-state index contributed by atoms with van der Waals surface area (Å²) in [6.45, 7) is 8.42. The SMILES string of the molecule is Cc1cc(C)c(C2C(C#N)=C(N)N(c3ccc(Cl)c(Cl)c3)C3=C2C(=O)CC(C)(C)C3)cc1COc1ccccc1Cl. The third-order valence-electron chi connectivity index (χ3n) is 7.80. The van der Waals surface area contributed by atoms with Gasteiger partial charge in [-0.1, -0.05) is 72.9 Å². The fraction of sp³-hybridized carbons (Fsp3) is 0.273. The summed E-state index contributed by atoms with van der Waals surface area (Å²) in [6.07, 6.45) is 0.959. The summed E-state index contributed by atoms with van der Waals surface area (Å²) in [5.41, 5.74) is 12.6. The molecule has 1 heterocycles. The molecule has 210 valence electrons. The lowest BCUT2D eigenvalue weighted by Crippen LogP contribution is -2.42. The Balaban J connectivity index is 1.68. The maximum atomic E-state index is 14.0. The van der Waals surface area contributed by atoms with Gasteiger partial charge in [0.2, 0.25) is 0 Å². The molecule has 8 heteroatoms. The molecule has 0 bridgehead atoms. The lowest BCUT2D eigenvalue weighted by Gasteiger charge is -2.44. The first-order valence-corrected chi connectivity index (χ1v) is 14.4. The average Bonchev–Trinajstić information content (AvgIpc) is 2.90. The highest BCUT2D eigenvalue weighted by Gasteiger charge is 2.45. The summed E-state index contributed by atoms with van der Waals surface area (Å²) in [5, 5.41) is 11.8. The van der Waals surface area contributed by atoms with Gasteiger partial charge in [-0.05, 0) is 78.3 Å². The van der Waals surface area contributed by atoms with Crippen LogP contribution in [0.1, 0.15) is 54.9 Å². The lowest BCUT2D eigenvalue weighted by molar-refractivity contribution is -0.118. The minimum absolute atomic E-state index is 0.000373. The summed E-state index contributed by atoms with van der Waals surface area (Å²) >= 11 is 18.9. The van der Waals surface area contributed by atoms with E-state index in [4.69, 9.17) is 45.3 Å². The number of hydrogen-bond acceptors (Lipinski definition) is 5. The van der Waals surface area contributed by atoms with Crippen molar-refractivity contribution in [1.82, 2.24) is 0 Å². The Kier molecular flexibility index (Phi) is 7.87. The molecule has 0 radical (unpaired) electrons. The van der Waals surface area contributed by atoms with E-state index < -0.39 is 5.92 Å². The number of nitrogens with two attached hydrogens (primary N) is 1. The molecule has 41 heavy (non-hydrogen) atoms. The Bertz CT molecular complexity index is 1680. The minimum atomic E-state index is -0.614. The molecule has 0 spiro atoms. The molecular weight excluding hydrogens is 577 g/mol. The van der Waals surface area contributed by atoms with Crippen molar-refractivity contribution in [2.24, 2.45) is 11.1 Å². The summed E-state index contributed by atoms with van der Waals surface area (Å²) in [7, 11) is 0. The fourth-order valence-electron chi connectivity index (χ4n) is 5.84. The number of halogens is 3. The van der Waals surface area contributed by atoms with Crippen LogP contribution >= 0.6 is 34.8 Å². The summed E-state index contributed by atoms with van der Waals surface area (Å²) in [4.78, 5) is 15.8. The van der Waals surface area contributed by atoms with Crippen molar-refractivity contribution >= 4 is 46.3 Å². The third kappa shape index (κ3) is 5.45. The van der Waals surface area contributed by atoms with Crippen molar-refractivity contribution in [2.75, 3.05) is 4.90 Å². The first-order chi connectivity index (χ1) is 19.4. The molecule has 3 aromatic rings. The van der Waals surface area contributed by atoms with E-state index in [2.05, 4.69) is 26.0 Å². The van der Waals surface area contributed by atoms with Crippen LogP contribution in [0.3, 0.4) is 0 Å². The predicted octanol–water partition coefficient (Wildman–Crippen LogP) is 8.78. The number of ketones is 1. The predicted molar refractivity (Wildman–Crippen MR) is 165 cm³/mol. The molecule has 0 amide bonds. The fourth-order valence-corrected chi connectivity index (χ4v) is 6.32. The number of carbonyl (C=O) groups excluding carboxylic acids is 1. The van der Waals surface area contributed by atoms with E-state index in [-0.39, 0.29) is 23.6 Å². The lowest BCUT2D eigenvalue weighted by atomic mass is 9.68. The van der Waals surface area contributed by atoms with Crippen molar-refractivity contribution in [3.8, 4) is 11.8 Å². The molecule has 3 aromatic carbocycles. The first kappa shape index (κ1) is 29.1. The van der Waals surface area contributed by atoms with Gasteiger partial charge in [-0.2, -0.15) is 5.26 Å². The zero-order valence-electron chi connectivity index (χ0n) is 23.3. The van der Waals surface area contributed by atoms with Crippen LogP contribution in [0.15, 0.2) is 77.3 Å². The van der Waals surface area contributed by atoms with Gasteiger partial charge in [-0.25, -0.2) is 0 Å². The number of anilines is 1. The van der Waals surface area contributed by atoms with Crippen LogP contribution in [0.25, 0.3) is 0 Å². The quantitative estimate of drug-likeness (QED) is 0.314. The van der Waals surface area contributed by atoms with Crippen LogP contribution in [0, 0.1) is 30.6 Å². The van der Waals surface area contributed by atoms with Gasteiger partial charge in [0.1, 0.15) is 18.2 Å². The number of allylic oxidation sites excluding steroid dienone is 3. The van der Waals surface area contributed by atoms with Crippen LogP contribution in [-0.2, 0) is 11.4 Å². The van der Waals surface area contributed by atoms with Gasteiger partial charge in [0, 0.05) is 23.4 Å². The molecule has 0 aromatic heterocycles. The Morgan fingerprint density at radius 2 is 1.73 bits per heavy atom. The second-order valence-corrected chi connectivity index (χ2v) is 12.7. The van der Waals surface area contributed by atoms with Gasteiger partial charge in [-0.15, -0.1) is 0 Å². The Morgan fingerprint density at radius 3 is 2.41 bits per heavy atom. The molecule has 0 fully saturated rings. The van der Waals surface area contributed by atoms with Crippen molar-refractivity contribution in [3.05, 3.63) is 115 Å². The number of nitrogens with zero attached hydrogens (tertiary/aromatic N) is 2. The molecule has 1 atom stereocenters. The number of aryl methyl sites for hydroxylation is 2. The maximum absolute atomic E-state index is 14.0. The highest BCUT2D eigenvalue weighted by Crippen LogP contribution is 2.51. The molecule has 1 aliphatic heterocycles. The average molecular weight is 607 g/mol. The zero-order valence-corrected chi connectivity index (χ0v) is 25.6. The standard InChI is InChI=1S/C33H30Cl3N3O2/c1-18-11-19(2)22(12-20(18)17-41-29-8-6-5-7-25(29)35)30-23(16-37)32(38)39(21-9-10-24(34)26(36)13-21)27-14-33(3,4)15-28(40)31(27)30/h5-13,30H,14-15,17,38H2,1-4H3. The maximum Gasteiger partial charge on any atom is 0.162 e. The summed E-state index contributed by atoms with van der Waals surface area (Å²) in [5.74, 6) is 0.244. The Morgan fingerprint density at radius 1 is 1.00 bits per heavy atom. The van der Waals surface area contributed by atoms with E-state index in [1.165, 1.54) is 0 Å². The number of para-hydroxylation sites is 1. The van der Waals surface area contributed by atoms with Crippen molar-refractivity contribution < 1.29 is 9.53 Å². The molecule has 5 rings (SSSR count). The van der Waals surface area contributed by atoms with E-state index in [0.717, 1.165) is 28.0 Å². The van der Waals surface area contributed by atoms with E-state index in [1.54, 1.807) is 29.2 Å². The minimum Gasteiger partial charge on any atom is -0.487 e. The highest BCUT2D eigenvalue weighted by atomic mass is 35.5. The van der Waals surface area contributed by atoms with Gasteiger partial charge in [0.15, 0.2) is 5.78 Å². The third-order valence-corrected chi connectivity index (χ3v) is 8.85. The summed E-state index contributed by atoms with van der Waals surface area (Å²) in [6, 6.07) is 19.0. The van der Waals surface area contributed by atoms with Crippen LogP contribution in [0.4, 0.5) is 5.69 Å². The van der Waals surface area contributed by atoms with Gasteiger partial charge in [-0.3, -0.25) is 9.69 Å². The van der Waals surface area contributed by atoms with Crippen LogP contribution < -0.4 is 15.4 Å². The normalized spacial score (nSPS) is 18.3. The zero-order chi connectivity index (χ0) is 29.6. The number of ether oxygens (including phenoxy) is 1. The van der Waals surface area contributed by atoms with Gasteiger partial charge < -0.3 is 10.5 Å². The highest BCUT2D eigenvalue weighted by molar-refractivity contribution is 6.42.